The van der Waals surface area contributed by atoms with E-state index >= 15 is 0 Å². The van der Waals surface area contributed by atoms with Gasteiger partial charge in [-0.2, -0.15) is 0 Å². The van der Waals surface area contributed by atoms with Crippen molar-refractivity contribution in [1.29, 1.82) is 0 Å². The Bertz CT molecular complexity index is 475. The Balaban J connectivity index is 2.54. The van der Waals surface area contributed by atoms with E-state index in [0.717, 1.165) is 5.56 Å². The number of aliphatic imine (C=N–C) groups is 1. The molecule has 0 fully saturated rings. The lowest BCUT2D eigenvalue weighted by Crippen LogP contribution is -2.45. The maximum Gasteiger partial charge on any atom is 0.191 e. The molecule has 0 bridgehead atoms. The Kier molecular flexibility index (Phi) is 6.59. The van der Waals surface area contributed by atoms with Crippen LogP contribution in [0.1, 0.15) is 19.4 Å². The van der Waals surface area contributed by atoms with E-state index in [2.05, 4.69) is 15.6 Å². The van der Waals surface area contributed by atoms with Crippen molar-refractivity contribution < 1.29 is 4.74 Å². The normalized spacial score (nSPS) is 12.4. The van der Waals surface area contributed by atoms with Crippen molar-refractivity contribution in [3.63, 3.8) is 0 Å². The highest BCUT2D eigenvalue weighted by Gasteiger charge is 2.16. The molecule has 0 atom stereocenters. The maximum absolute atomic E-state index is 6.12. The zero-order valence-corrected chi connectivity index (χ0v) is 13.8. The minimum atomic E-state index is -0.254. The highest BCUT2D eigenvalue weighted by Crippen LogP contribution is 2.20. The Morgan fingerprint density at radius 3 is 2.55 bits per heavy atom. The van der Waals surface area contributed by atoms with Gasteiger partial charge >= 0.3 is 0 Å². The molecule has 2 N–H and O–H groups in total. The molecule has 0 unspecified atom stereocenters. The standard InChI is InChI=1S/C14H21Cl2N3O/c1-14(2,20-4)9-19-13(17-3)18-8-10-5-6-11(15)7-12(10)16/h5-7H,8-9H2,1-4H3,(H2,17,18,19). The molecule has 0 aliphatic carbocycles. The molecule has 0 saturated heterocycles. The van der Waals surface area contributed by atoms with E-state index < -0.39 is 0 Å². The van der Waals surface area contributed by atoms with Crippen LogP contribution in [0.15, 0.2) is 23.2 Å². The van der Waals surface area contributed by atoms with Gasteiger partial charge in [0.1, 0.15) is 0 Å². The predicted octanol–water partition coefficient (Wildman–Crippen LogP) is 3.08. The zero-order chi connectivity index (χ0) is 15.2. The molecule has 0 amide bonds. The third-order valence-corrected chi connectivity index (χ3v) is 3.51. The van der Waals surface area contributed by atoms with Gasteiger partial charge in [-0.15, -0.1) is 0 Å². The lowest BCUT2D eigenvalue weighted by molar-refractivity contribution is 0.0268. The van der Waals surface area contributed by atoms with E-state index in [1.54, 1.807) is 20.2 Å². The number of hydrogen-bond acceptors (Lipinski definition) is 2. The predicted molar refractivity (Wildman–Crippen MR) is 85.8 cm³/mol. The summed E-state index contributed by atoms with van der Waals surface area (Å²) in [7, 11) is 3.41. The molecule has 0 aliphatic rings. The van der Waals surface area contributed by atoms with Gasteiger partial charge in [0.2, 0.25) is 0 Å². The van der Waals surface area contributed by atoms with Crippen LogP contribution in [0.25, 0.3) is 0 Å². The summed E-state index contributed by atoms with van der Waals surface area (Å²) >= 11 is 12.0. The van der Waals surface area contributed by atoms with Crippen LogP contribution in [-0.2, 0) is 11.3 Å². The highest BCUT2D eigenvalue weighted by molar-refractivity contribution is 6.35. The summed E-state index contributed by atoms with van der Waals surface area (Å²) in [6.45, 7) is 5.23. The monoisotopic (exact) mass is 317 g/mol. The van der Waals surface area contributed by atoms with Crippen molar-refractivity contribution in [2.24, 2.45) is 4.99 Å². The number of ether oxygens (including phenoxy) is 1. The van der Waals surface area contributed by atoms with E-state index in [0.29, 0.717) is 29.1 Å². The average Bonchev–Trinajstić information content (AvgIpc) is 2.41. The number of halogens is 2. The number of hydrogen-bond donors (Lipinski definition) is 2. The van der Waals surface area contributed by atoms with Crippen LogP contribution in [0.2, 0.25) is 10.0 Å². The molecule has 0 aliphatic heterocycles. The number of methoxy groups -OCH3 is 1. The molecule has 1 aromatic carbocycles. The molecule has 1 rings (SSSR count). The summed E-state index contributed by atoms with van der Waals surface area (Å²) < 4.78 is 5.35. The lowest BCUT2D eigenvalue weighted by Gasteiger charge is -2.24. The summed E-state index contributed by atoms with van der Waals surface area (Å²) in [5.41, 5.74) is 0.709. The second kappa shape index (κ2) is 7.72. The van der Waals surface area contributed by atoms with Crippen molar-refractivity contribution in [3.05, 3.63) is 33.8 Å². The molecular weight excluding hydrogens is 297 g/mol. The summed E-state index contributed by atoms with van der Waals surface area (Å²) in [4.78, 5) is 4.16. The summed E-state index contributed by atoms with van der Waals surface area (Å²) in [5.74, 6) is 0.696. The SMILES string of the molecule is CN=C(NCc1ccc(Cl)cc1Cl)NCC(C)(C)OC. The van der Waals surface area contributed by atoms with Crippen LogP contribution >= 0.6 is 23.2 Å². The van der Waals surface area contributed by atoms with Crippen LogP contribution in [0.4, 0.5) is 0 Å². The third-order valence-electron chi connectivity index (χ3n) is 2.92. The van der Waals surface area contributed by atoms with E-state index in [9.17, 15) is 0 Å². The van der Waals surface area contributed by atoms with E-state index in [4.69, 9.17) is 27.9 Å². The molecule has 0 heterocycles. The second-order valence-corrected chi connectivity index (χ2v) is 5.82. The summed E-state index contributed by atoms with van der Waals surface area (Å²) in [5, 5.41) is 7.67. The van der Waals surface area contributed by atoms with Gasteiger partial charge in [-0.25, -0.2) is 0 Å². The Morgan fingerprint density at radius 2 is 2.00 bits per heavy atom. The largest absolute Gasteiger partial charge is 0.377 e. The first-order valence-corrected chi connectivity index (χ1v) is 7.07. The quantitative estimate of drug-likeness (QED) is 0.648. The number of nitrogens with zero attached hydrogens (tertiary/aromatic N) is 1. The minimum Gasteiger partial charge on any atom is -0.377 e. The highest BCUT2D eigenvalue weighted by atomic mass is 35.5. The van der Waals surface area contributed by atoms with Gasteiger partial charge < -0.3 is 15.4 Å². The second-order valence-electron chi connectivity index (χ2n) is 4.98. The van der Waals surface area contributed by atoms with E-state index in [1.165, 1.54) is 0 Å². The van der Waals surface area contributed by atoms with Crippen LogP contribution in [-0.4, -0.2) is 32.3 Å². The van der Waals surface area contributed by atoms with E-state index in [-0.39, 0.29) is 5.60 Å². The lowest BCUT2D eigenvalue weighted by atomic mass is 10.1. The molecule has 0 aromatic heterocycles. The Hall–Kier alpha value is -0.970. The minimum absolute atomic E-state index is 0.254. The molecule has 0 radical (unpaired) electrons. The molecule has 0 spiro atoms. The van der Waals surface area contributed by atoms with Crippen molar-refractivity contribution >= 4 is 29.2 Å². The van der Waals surface area contributed by atoms with Crippen molar-refractivity contribution in [3.8, 4) is 0 Å². The van der Waals surface area contributed by atoms with Gasteiger partial charge in [0.05, 0.1) is 5.60 Å². The zero-order valence-electron chi connectivity index (χ0n) is 12.3. The summed E-state index contributed by atoms with van der Waals surface area (Å²) in [6.07, 6.45) is 0. The molecule has 1 aromatic rings. The number of benzene rings is 1. The van der Waals surface area contributed by atoms with Crippen molar-refractivity contribution in [1.82, 2.24) is 10.6 Å². The Labute approximate surface area is 130 Å². The average molecular weight is 318 g/mol. The number of rotatable bonds is 5. The molecule has 0 saturated carbocycles. The fourth-order valence-electron chi connectivity index (χ4n) is 1.43. The van der Waals surface area contributed by atoms with Crippen LogP contribution in [0, 0.1) is 0 Å². The van der Waals surface area contributed by atoms with Crippen LogP contribution < -0.4 is 10.6 Å². The van der Waals surface area contributed by atoms with Crippen LogP contribution in [0.5, 0.6) is 0 Å². The van der Waals surface area contributed by atoms with Crippen molar-refractivity contribution in [2.75, 3.05) is 20.7 Å². The van der Waals surface area contributed by atoms with Gasteiger partial charge in [-0.3, -0.25) is 4.99 Å². The molecule has 6 heteroatoms. The topological polar surface area (TPSA) is 45.7 Å². The molecule has 112 valence electrons. The van der Waals surface area contributed by atoms with Gasteiger partial charge in [-0.05, 0) is 31.5 Å². The third kappa shape index (κ3) is 5.57. The first kappa shape index (κ1) is 17.1. The van der Waals surface area contributed by atoms with Gasteiger partial charge in [-0.1, -0.05) is 29.3 Å². The van der Waals surface area contributed by atoms with Gasteiger partial charge in [0, 0.05) is 37.3 Å². The van der Waals surface area contributed by atoms with Gasteiger partial charge in [0.25, 0.3) is 0 Å². The fraction of sp³-hybridized carbons (Fsp3) is 0.500. The van der Waals surface area contributed by atoms with Crippen LogP contribution in [0.3, 0.4) is 0 Å². The smallest absolute Gasteiger partial charge is 0.191 e. The first-order valence-electron chi connectivity index (χ1n) is 6.31. The van der Waals surface area contributed by atoms with E-state index in [1.807, 2.05) is 26.0 Å². The molecule has 20 heavy (non-hydrogen) atoms. The fourth-order valence-corrected chi connectivity index (χ4v) is 1.91. The first-order chi connectivity index (χ1) is 9.38. The van der Waals surface area contributed by atoms with Crippen molar-refractivity contribution in [2.45, 2.75) is 26.0 Å². The number of nitrogens with one attached hydrogen (secondary N) is 2. The summed E-state index contributed by atoms with van der Waals surface area (Å²) in [6, 6.07) is 5.43. The maximum atomic E-state index is 6.12. The van der Waals surface area contributed by atoms with Gasteiger partial charge in [0.15, 0.2) is 5.96 Å². The Morgan fingerprint density at radius 1 is 1.30 bits per heavy atom. The molecular formula is C14H21Cl2N3O. The molecule has 4 nitrogen and oxygen atoms in total. The number of guanidine groups is 1.